The predicted octanol–water partition coefficient (Wildman–Crippen LogP) is 5.75. The molecule has 0 aliphatic heterocycles. The predicted molar refractivity (Wildman–Crippen MR) is 117 cm³/mol. The molecule has 0 saturated heterocycles. The first-order valence-electron chi connectivity index (χ1n) is 7.80. The van der Waals surface area contributed by atoms with E-state index in [0.717, 1.165) is 22.9 Å². The second-order valence-corrected chi connectivity index (χ2v) is 6.08. The Morgan fingerprint density at radius 1 is 1.32 bits per heavy atom. The summed E-state index contributed by atoms with van der Waals surface area (Å²) < 4.78 is 14.6. The molecule has 0 fully saturated rings. The summed E-state index contributed by atoms with van der Waals surface area (Å²) in [6.07, 6.45) is 10.4. The molecule has 0 aliphatic carbocycles. The Morgan fingerprint density at radius 2 is 2.00 bits per heavy atom. The van der Waals surface area contributed by atoms with Crippen LogP contribution < -0.4 is 11.1 Å². The lowest BCUT2D eigenvalue weighted by Gasteiger charge is -2.05. The van der Waals surface area contributed by atoms with Crippen LogP contribution in [0.25, 0.3) is 5.57 Å². The van der Waals surface area contributed by atoms with Crippen molar-refractivity contribution < 1.29 is 4.39 Å². The van der Waals surface area contributed by atoms with Gasteiger partial charge in [0.2, 0.25) is 0 Å². The van der Waals surface area contributed by atoms with Gasteiger partial charge in [0.05, 0.1) is 5.70 Å². The van der Waals surface area contributed by atoms with E-state index >= 15 is 0 Å². The standard InChI is InChI=1S/C20H23FIN3/c1-4-15(16-9-11-17(24-3)12-10-16)7-6-8-19(18(21)5-2)25-20(22)13-14-23/h4-7,9-14,24H,2,8,23H2,1,3H3/b7-6-,14-13+,15-4+,19-18+,25-20-. The van der Waals surface area contributed by atoms with E-state index in [2.05, 4.69) is 16.9 Å². The Bertz CT molecular complexity index is 726. The lowest BCUT2D eigenvalue weighted by atomic mass is 10.0. The number of rotatable bonds is 8. The number of nitrogens with zero attached hydrogens (tertiary/aromatic N) is 1. The summed E-state index contributed by atoms with van der Waals surface area (Å²) in [4.78, 5) is 4.25. The highest BCUT2D eigenvalue weighted by atomic mass is 127. The van der Waals surface area contributed by atoms with Crippen LogP contribution in [0.1, 0.15) is 18.9 Å². The normalized spacial score (nSPS) is 14.1. The molecular formula is C20H23FIN3. The fourth-order valence-corrected chi connectivity index (χ4v) is 2.54. The van der Waals surface area contributed by atoms with Crippen molar-refractivity contribution in [1.29, 1.82) is 0 Å². The van der Waals surface area contributed by atoms with Gasteiger partial charge in [-0.3, -0.25) is 0 Å². The Morgan fingerprint density at radius 3 is 2.52 bits per heavy atom. The summed E-state index contributed by atoms with van der Waals surface area (Å²) in [5, 5.41) is 3.09. The van der Waals surface area contributed by atoms with Crippen LogP contribution in [0.2, 0.25) is 0 Å². The topological polar surface area (TPSA) is 50.4 Å². The zero-order chi connectivity index (χ0) is 18.7. The number of nitrogens with one attached hydrogen (secondary N) is 1. The number of benzene rings is 1. The highest BCUT2D eigenvalue weighted by molar-refractivity contribution is 14.1. The second kappa shape index (κ2) is 11.4. The lowest BCUT2D eigenvalue weighted by Crippen LogP contribution is -1.89. The summed E-state index contributed by atoms with van der Waals surface area (Å²) >= 11 is 2.00. The minimum absolute atomic E-state index is 0.315. The third-order valence-electron chi connectivity index (χ3n) is 3.36. The number of hydrogen-bond acceptors (Lipinski definition) is 3. The first kappa shape index (κ1) is 20.9. The molecule has 0 amide bonds. The average Bonchev–Trinajstić information content (AvgIpc) is 2.64. The molecule has 0 saturated carbocycles. The smallest absolute Gasteiger partial charge is 0.144 e. The van der Waals surface area contributed by atoms with Gasteiger partial charge in [-0.1, -0.05) is 36.9 Å². The number of nitrogens with two attached hydrogens (primary N) is 1. The average molecular weight is 451 g/mol. The number of hydrogen-bond donors (Lipinski definition) is 2. The first-order valence-corrected chi connectivity index (χ1v) is 8.88. The van der Waals surface area contributed by atoms with Gasteiger partial charge in [0.15, 0.2) is 0 Å². The molecule has 132 valence electrons. The molecule has 0 spiro atoms. The zero-order valence-corrected chi connectivity index (χ0v) is 16.6. The second-order valence-electron chi connectivity index (χ2n) is 4.97. The van der Waals surface area contributed by atoms with Gasteiger partial charge < -0.3 is 11.1 Å². The van der Waals surface area contributed by atoms with Gasteiger partial charge in [-0.2, -0.15) is 0 Å². The molecule has 5 heteroatoms. The molecule has 0 bridgehead atoms. The van der Waals surface area contributed by atoms with E-state index in [1.165, 1.54) is 6.20 Å². The molecule has 0 atom stereocenters. The van der Waals surface area contributed by atoms with Crippen molar-refractivity contribution in [2.75, 3.05) is 12.4 Å². The van der Waals surface area contributed by atoms with Gasteiger partial charge in [0.1, 0.15) is 9.55 Å². The fourth-order valence-electron chi connectivity index (χ4n) is 2.05. The molecule has 3 N–H and O–H groups in total. The summed E-state index contributed by atoms with van der Waals surface area (Å²) in [6, 6.07) is 8.11. The highest BCUT2D eigenvalue weighted by Crippen LogP contribution is 2.21. The molecule has 0 aromatic heterocycles. The maximum atomic E-state index is 14.0. The van der Waals surface area contributed by atoms with E-state index in [1.807, 2.05) is 79.1 Å². The molecule has 0 radical (unpaired) electrons. The van der Waals surface area contributed by atoms with E-state index in [4.69, 9.17) is 5.73 Å². The van der Waals surface area contributed by atoms with E-state index in [9.17, 15) is 4.39 Å². The van der Waals surface area contributed by atoms with Crippen LogP contribution in [-0.4, -0.2) is 10.8 Å². The van der Waals surface area contributed by atoms with Crippen LogP contribution in [0.15, 0.2) is 83.9 Å². The lowest BCUT2D eigenvalue weighted by molar-refractivity contribution is 0.649. The van der Waals surface area contributed by atoms with Gasteiger partial charge in [-0.15, -0.1) is 0 Å². The quantitative estimate of drug-likeness (QED) is 0.300. The molecule has 1 aromatic rings. The van der Waals surface area contributed by atoms with Gasteiger partial charge in [-0.05, 0) is 71.1 Å². The zero-order valence-electron chi connectivity index (χ0n) is 14.5. The number of halogens is 2. The SMILES string of the molecule is C=C\C(F)=C(C/C=C\C(=C/C)c1ccc(NC)cc1)/N=C(I)/C=C/N. The van der Waals surface area contributed by atoms with E-state index in [-0.39, 0.29) is 0 Å². The van der Waals surface area contributed by atoms with E-state index in [0.29, 0.717) is 15.8 Å². The molecule has 3 nitrogen and oxygen atoms in total. The first-order chi connectivity index (χ1) is 12.0. The third kappa shape index (κ3) is 7.09. The van der Waals surface area contributed by atoms with Crippen LogP contribution in [-0.2, 0) is 0 Å². The van der Waals surface area contributed by atoms with Crippen LogP contribution >= 0.6 is 22.6 Å². The summed E-state index contributed by atoms with van der Waals surface area (Å²) in [5.74, 6) is -0.440. The Kier molecular flexibility index (Phi) is 9.54. The Hall–Kier alpha value is -2.15. The summed E-state index contributed by atoms with van der Waals surface area (Å²) in [5.41, 5.74) is 8.85. The molecule has 1 aromatic carbocycles. The molecule has 0 unspecified atom stereocenters. The molecule has 0 aliphatic rings. The van der Waals surface area contributed by atoms with E-state index < -0.39 is 5.83 Å². The van der Waals surface area contributed by atoms with Crippen molar-refractivity contribution in [3.05, 3.63) is 84.5 Å². The van der Waals surface area contributed by atoms with Crippen LogP contribution in [0.5, 0.6) is 0 Å². The number of allylic oxidation sites excluding steroid dienone is 7. The number of aliphatic imine (C=N–C) groups is 1. The van der Waals surface area contributed by atoms with Crippen LogP contribution in [0.3, 0.4) is 0 Å². The molecule has 25 heavy (non-hydrogen) atoms. The highest BCUT2D eigenvalue weighted by Gasteiger charge is 2.03. The van der Waals surface area contributed by atoms with Crippen molar-refractivity contribution in [1.82, 2.24) is 0 Å². The van der Waals surface area contributed by atoms with Crippen molar-refractivity contribution in [3.63, 3.8) is 0 Å². The van der Waals surface area contributed by atoms with Gasteiger partial charge in [0.25, 0.3) is 0 Å². The molecular weight excluding hydrogens is 428 g/mol. The van der Waals surface area contributed by atoms with Crippen molar-refractivity contribution in [3.8, 4) is 0 Å². The summed E-state index contributed by atoms with van der Waals surface area (Å²) in [6.45, 7) is 5.44. The Balaban J connectivity index is 2.96. The van der Waals surface area contributed by atoms with Crippen molar-refractivity contribution in [2.24, 2.45) is 10.7 Å². The maximum Gasteiger partial charge on any atom is 0.144 e. The van der Waals surface area contributed by atoms with Crippen molar-refractivity contribution >= 4 is 37.6 Å². The van der Waals surface area contributed by atoms with Gasteiger partial charge in [-0.25, -0.2) is 9.38 Å². The summed E-state index contributed by atoms with van der Waals surface area (Å²) in [7, 11) is 1.88. The largest absolute Gasteiger partial charge is 0.405 e. The fraction of sp³-hybridized carbons (Fsp3) is 0.150. The molecule has 1 rings (SSSR count). The minimum Gasteiger partial charge on any atom is -0.405 e. The molecule has 0 heterocycles. The van der Waals surface area contributed by atoms with Gasteiger partial charge in [0, 0.05) is 19.2 Å². The van der Waals surface area contributed by atoms with Gasteiger partial charge >= 0.3 is 0 Å². The van der Waals surface area contributed by atoms with Crippen LogP contribution in [0.4, 0.5) is 10.1 Å². The maximum absolute atomic E-state index is 14.0. The van der Waals surface area contributed by atoms with E-state index in [1.54, 1.807) is 6.08 Å². The Labute approximate surface area is 162 Å². The number of anilines is 1. The minimum atomic E-state index is -0.440. The monoisotopic (exact) mass is 451 g/mol. The van der Waals surface area contributed by atoms with Crippen molar-refractivity contribution in [2.45, 2.75) is 13.3 Å². The van der Waals surface area contributed by atoms with Crippen LogP contribution in [0, 0.1) is 0 Å². The third-order valence-corrected chi connectivity index (χ3v) is 3.96.